The van der Waals surface area contributed by atoms with Crippen LogP contribution in [-0.4, -0.2) is 21.9 Å². The highest BCUT2D eigenvalue weighted by molar-refractivity contribution is 5.94. The Balaban J connectivity index is 2.22. The van der Waals surface area contributed by atoms with Gasteiger partial charge < -0.3 is 0 Å². The van der Waals surface area contributed by atoms with Crippen molar-refractivity contribution in [2.24, 2.45) is 5.10 Å². The molecule has 24 heavy (non-hydrogen) atoms. The molecule has 0 unspecified atom stereocenters. The van der Waals surface area contributed by atoms with Gasteiger partial charge in [0.2, 0.25) is 0 Å². The number of aromatic nitrogens is 2. The summed E-state index contributed by atoms with van der Waals surface area (Å²) < 4.78 is 1.34. The standard InChI is InChI=1S/C18H18N4O2/c1-4-9-15(5-2)22-18(24)16(13(3)21-22)12-19-20-17(23)14-10-7-6-8-11-14/h4-12,21H,1-2H2,3H3,(H,20,23)/b15-9+,19-12?. The Morgan fingerprint density at radius 2 is 2.00 bits per heavy atom. The van der Waals surface area contributed by atoms with E-state index in [1.165, 1.54) is 17.0 Å². The lowest BCUT2D eigenvalue weighted by molar-refractivity contribution is 0.0955. The number of rotatable bonds is 6. The van der Waals surface area contributed by atoms with Crippen molar-refractivity contribution in [2.75, 3.05) is 0 Å². The summed E-state index contributed by atoms with van der Waals surface area (Å²) in [5.41, 5.74) is 4.12. The minimum Gasteiger partial charge on any atom is -0.295 e. The lowest BCUT2D eigenvalue weighted by atomic mass is 10.2. The zero-order valence-electron chi connectivity index (χ0n) is 13.3. The van der Waals surface area contributed by atoms with E-state index in [-0.39, 0.29) is 11.5 Å². The van der Waals surface area contributed by atoms with Crippen LogP contribution in [0, 0.1) is 6.92 Å². The molecule has 0 bridgehead atoms. The van der Waals surface area contributed by atoms with Crippen LogP contribution in [0.3, 0.4) is 0 Å². The normalized spacial score (nSPS) is 11.5. The van der Waals surface area contributed by atoms with E-state index in [0.29, 0.717) is 22.5 Å². The second-order valence-electron chi connectivity index (χ2n) is 4.89. The number of H-pyrrole nitrogens is 1. The lowest BCUT2D eigenvalue weighted by Crippen LogP contribution is -2.20. The van der Waals surface area contributed by atoms with Gasteiger partial charge in [-0.25, -0.2) is 10.1 Å². The van der Waals surface area contributed by atoms with Crippen molar-refractivity contribution < 1.29 is 4.79 Å². The SMILES string of the molecule is C=C/C=C(\C=C)n1[nH]c(C)c(C=NNC(=O)c2ccccc2)c1=O. The predicted octanol–water partition coefficient (Wildman–Crippen LogP) is 2.46. The fourth-order valence-corrected chi connectivity index (χ4v) is 2.06. The van der Waals surface area contributed by atoms with Gasteiger partial charge in [0.1, 0.15) is 0 Å². The summed E-state index contributed by atoms with van der Waals surface area (Å²) in [5, 5.41) is 6.79. The number of aromatic amines is 1. The summed E-state index contributed by atoms with van der Waals surface area (Å²) in [6, 6.07) is 8.69. The van der Waals surface area contributed by atoms with Crippen LogP contribution in [0.2, 0.25) is 0 Å². The summed E-state index contributed by atoms with van der Waals surface area (Å²) in [6.07, 6.45) is 6.08. The Bertz CT molecular complexity index is 870. The Hall–Kier alpha value is -3.41. The van der Waals surface area contributed by atoms with Gasteiger partial charge in [0.05, 0.1) is 17.5 Å². The number of aryl methyl sites for hydroxylation is 1. The summed E-state index contributed by atoms with van der Waals surface area (Å²) in [6.45, 7) is 9.01. The van der Waals surface area contributed by atoms with Crippen LogP contribution in [-0.2, 0) is 0 Å². The van der Waals surface area contributed by atoms with Crippen molar-refractivity contribution in [1.82, 2.24) is 15.2 Å². The molecule has 0 aliphatic rings. The van der Waals surface area contributed by atoms with Gasteiger partial charge in [-0.1, -0.05) is 37.4 Å². The topological polar surface area (TPSA) is 79.2 Å². The van der Waals surface area contributed by atoms with Crippen LogP contribution in [0.5, 0.6) is 0 Å². The van der Waals surface area contributed by atoms with Gasteiger partial charge in [-0.3, -0.25) is 14.7 Å². The van der Waals surface area contributed by atoms with E-state index >= 15 is 0 Å². The summed E-state index contributed by atoms with van der Waals surface area (Å²) >= 11 is 0. The highest BCUT2D eigenvalue weighted by atomic mass is 16.2. The van der Waals surface area contributed by atoms with E-state index in [9.17, 15) is 9.59 Å². The van der Waals surface area contributed by atoms with Crippen LogP contribution in [0.4, 0.5) is 0 Å². The molecule has 1 heterocycles. The maximum atomic E-state index is 12.4. The predicted molar refractivity (Wildman–Crippen MR) is 96.0 cm³/mol. The van der Waals surface area contributed by atoms with Crippen molar-refractivity contribution >= 4 is 17.8 Å². The third-order valence-corrected chi connectivity index (χ3v) is 3.27. The molecule has 6 nitrogen and oxygen atoms in total. The van der Waals surface area contributed by atoms with Crippen molar-refractivity contribution in [3.63, 3.8) is 0 Å². The Kier molecular flexibility index (Phi) is 5.46. The molecule has 0 aliphatic carbocycles. The third-order valence-electron chi connectivity index (χ3n) is 3.27. The Labute approximate surface area is 139 Å². The number of hydrogen-bond acceptors (Lipinski definition) is 3. The fourth-order valence-electron chi connectivity index (χ4n) is 2.06. The minimum atomic E-state index is -0.348. The smallest absolute Gasteiger partial charge is 0.280 e. The Morgan fingerprint density at radius 1 is 1.29 bits per heavy atom. The molecule has 2 N–H and O–H groups in total. The number of carbonyl (C=O) groups is 1. The lowest BCUT2D eigenvalue weighted by Gasteiger charge is -2.00. The highest BCUT2D eigenvalue weighted by Gasteiger charge is 2.11. The quantitative estimate of drug-likeness (QED) is 0.487. The van der Waals surface area contributed by atoms with Gasteiger partial charge in [0.15, 0.2) is 0 Å². The number of allylic oxidation sites excluding steroid dienone is 4. The first-order valence-electron chi connectivity index (χ1n) is 7.24. The maximum absolute atomic E-state index is 12.4. The second-order valence-corrected chi connectivity index (χ2v) is 4.89. The maximum Gasteiger partial charge on any atom is 0.280 e. The number of hydrogen-bond donors (Lipinski definition) is 2. The summed E-state index contributed by atoms with van der Waals surface area (Å²) in [4.78, 5) is 24.3. The van der Waals surface area contributed by atoms with E-state index in [2.05, 4.69) is 28.8 Å². The van der Waals surface area contributed by atoms with E-state index in [1.54, 1.807) is 43.3 Å². The number of nitrogens with one attached hydrogen (secondary N) is 2. The molecule has 2 rings (SSSR count). The van der Waals surface area contributed by atoms with Gasteiger partial charge in [0.25, 0.3) is 11.5 Å². The molecule has 2 aromatic rings. The van der Waals surface area contributed by atoms with Crippen LogP contribution in [0.15, 0.2) is 71.6 Å². The molecule has 0 fully saturated rings. The zero-order valence-corrected chi connectivity index (χ0v) is 13.3. The molecule has 1 aromatic carbocycles. The second kappa shape index (κ2) is 7.73. The number of benzene rings is 1. The molecule has 0 saturated carbocycles. The van der Waals surface area contributed by atoms with Crippen molar-refractivity contribution in [2.45, 2.75) is 6.92 Å². The summed E-state index contributed by atoms with van der Waals surface area (Å²) in [7, 11) is 0. The number of hydrazone groups is 1. The average molecular weight is 322 g/mol. The molecule has 1 aromatic heterocycles. The first-order chi connectivity index (χ1) is 11.6. The molecule has 0 aliphatic heterocycles. The van der Waals surface area contributed by atoms with Crippen LogP contribution >= 0.6 is 0 Å². The Morgan fingerprint density at radius 3 is 2.62 bits per heavy atom. The fraction of sp³-hybridized carbons (Fsp3) is 0.0556. The van der Waals surface area contributed by atoms with Gasteiger partial charge in [0, 0.05) is 11.3 Å². The van der Waals surface area contributed by atoms with E-state index in [1.807, 2.05) is 6.07 Å². The van der Waals surface area contributed by atoms with Crippen molar-refractivity contribution in [1.29, 1.82) is 0 Å². The zero-order chi connectivity index (χ0) is 17.5. The van der Waals surface area contributed by atoms with E-state index in [0.717, 1.165) is 0 Å². The van der Waals surface area contributed by atoms with E-state index in [4.69, 9.17) is 0 Å². The average Bonchev–Trinajstić information content (AvgIpc) is 2.88. The first kappa shape index (κ1) is 17.0. The van der Waals surface area contributed by atoms with E-state index < -0.39 is 0 Å². The monoisotopic (exact) mass is 322 g/mol. The van der Waals surface area contributed by atoms with Crippen molar-refractivity contribution in [3.05, 3.63) is 88.9 Å². The molecule has 0 radical (unpaired) electrons. The largest absolute Gasteiger partial charge is 0.295 e. The van der Waals surface area contributed by atoms with Crippen LogP contribution in [0.25, 0.3) is 5.70 Å². The number of nitrogens with zero attached hydrogens (tertiary/aromatic N) is 2. The molecule has 6 heteroatoms. The summed E-state index contributed by atoms with van der Waals surface area (Å²) in [5.74, 6) is -0.348. The molecule has 122 valence electrons. The van der Waals surface area contributed by atoms with Gasteiger partial charge in [-0.15, -0.1) is 0 Å². The van der Waals surface area contributed by atoms with Crippen LogP contribution in [0.1, 0.15) is 21.6 Å². The molecule has 1 amide bonds. The molecule has 0 spiro atoms. The van der Waals surface area contributed by atoms with Gasteiger partial charge in [-0.2, -0.15) is 5.10 Å². The third kappa shape index (κ3) is 3.67. The van der Waals surface area contributed by atoms with Crippen molar-refractivity contribution in [3.8, 4) is 0 Å². The molecular formula is C18H18N4O2. The molecule has 0 atom stereocenters. The highest BCUT2D eigenvalue weighted by Crippen LogP contribution is 2.05. The molecular weight excluding hydrogens is 304 g/mol. The number of carbonyl (C=O) groups excluding carboxylic acids is 1. The molecule has 0 saturated heterocycles. The number of amides is 1. The first-order valence-corrected chi connectivity index (χ1v) is 7.24. The van der Waals surface area contributed by atoms with Crippen LogP contribution < -0.4 is 11.0 Å². The van der Waals surface area contributed by atoms with Gasteiger partial charge >= 0.3 is 0 Å². The van der Waals surface area contributed by atoms with Gasteiger partial charge in [-0.05, 0) is 31.2 Å². The minimum absolute atomic E-state index is 0.293.